The van der Waals surface area contributed by atoms with E-state index in [1.807, 2.05) is 30.3 Å². The molecule has 0 bridgehead atoms. The molecule has 0 aliphatic heterocycles. The van der Waals surface area contributed by atoms with Crippen LogP contribution in [0.25, 0.3) is 6.08 Å². The van der Waals surface area contributed by atoms with Crippen LogP contribution >= 0.6 is 0 Å². The molecule has 0 aliphatic rings. The summed E-state index contributed by atoms with van der Waals surface area (Å²) in [4.78, 5) is 2.53. The van der Waals surface area contributed by atoms with Crippen molar-refractivity contribution in [1.29, 1.82) is 0 Å². The molecule has 20 heavy (non-hydrogen) atoms. The molecule has 0 atom stereocenters. The molecule has 0 aliphatic carbocycles. The molecular formula is C18H29NO. The van der Waals surface area contributed by atoms with E-state index in [0.29, 0.717) is 6.04 Å². The predicted octanol–water partition coefficient (Wildman–Crippen LogP) is 4.61. The first-order chi connectivity index (χ1) is 9.67. The van der Waals surface area contributed by atoms with Crippen LogP contribution in [0.5, 0.6) is 5.75 Å². The van der Waals surface area contributed by atoms with Gasteiger partial charge in [-0.1, -0.05) is 38.1 Å². The van der Waals surface area contributed by atoms with Crippen molar-refractivity contribution in [3.63, 3.8) is 0 Å². The lowest BCUT2D eigenvalue weighted by atomic mass is 10.2. The van der Waals surface area contributed by atoms with Crippen molar-refractivity contribution >= 4 is 6.08 Å². The Balaban J connectivity index is 2.30. The van der Waals surface area contributed by atoms with Crippen LogP contribution in [0.3, 0.4) is 0 Å². The molecular weight excluding hydrogens is 246 g/mol. The number of hydrogen-bond acceptors (Lipinski definition) is 2. The summed E-state index contributed by atoms with van der Waals surface area (Å²) in [6.07, 6.45) is 5.45. The second-order valence-electron chi connectivity index (χ2n) is 5.46. The first-order valence-electron chi connectivity index (χ1n) is 7.76. The first-order valence-corrected chi connectivity index (χ1v) is 7.76. The molecule has 0 radical (unpaired) electrons. The molecule has 0 aromatic heterocycles. The molecule has 0 N–H and O–H groups in total. The predicted molar refractivity (Wildman–Crippen MR) is 88.3 cm³/mol. The smallest absolute Gasteiger partial charge is 0.119 e. The zero-order valence-electron chi connectivity index (χ0n) is 13.3. The highest BCUT2D eigenvalue weighted by Gasteiger charge is 2.08. The van der Waals surface area contributed by atoms with Crippen molar-refractivity contribution in [3.05, 3.63) is 36.4 Å². The second-order valence-corrected chi connectivity index (χ2v) is 5.46. The molecule has 1 aromatic carbocycles. The summed E-state index contributed by atoms with van der Waals surface area (Å²) in [5.41, 5.74) is 1.11. The van der Waals surface area contributed by atoms with Gasteiger partial charge in [0.1, 0.15) is 5.75 Å². The third-order valence-electron chi connectivity index (χ3n) is 3.48. The minimum atomic E-state index is 0.616. The van der Waals surface area contributed by atoms with E-state index < -0.39 is 0 Å². The van der Waals surface area contributed by atoms with Crippen LogP contribution in [-0.2, 0) is 0 Å². The van der Waals surface area contributed by atoms with Gasteiger partial charge in [-0.3, -0.25) is 0 Å². The van der Waals surface area contributed by atoms with Crippen LogP contribution < -0.4 is 4.74 Å². The standard InChI is InChI=1S/C18H29NO/c1-5-7-12-19(16(3)4)13-9-14-20-18-11-8-10-17(6-2)15-18/h6,8,10-11,15-16H,2,5,7,9,12-14H2,1,3-4H3. The topological polar surface area (TPSA) is 12.5 Å². The summed E-state index contributed by atoms with van der Waals surface area (Å²) in [7, 11) is 0. The molecule has 2 heteroatoms. The van der Waals surface area contributed by atoms with Gasteiger partial charge < -0.3 is 9.64 Å². The minimum absolute atomic E-state index is 0.616. The van der Waals surface area contributed by atoms with Crippen molar-refractivity contribution in [2.45, 2.75) is 46.1 Å². The highest BCUT2D eigenvalue weighted by atomic mass is 16.5. The monoisotopic (exact) mass is 275 g/mol. The third kappa shape index (κ3) is 6.25. The van der Waals surface area contributed by atoms with Crippen molar-refractivity contribution in [3.8, 4) is 5.75 Å². The fourth-order valence-electron chi connectivity index (χ4n) is 2.18. The van der Waals surface area contributed by atoms with Crippen molar-refractivity contribution in [2.75, 3.05) is 19.7 Å². The largest absolute Gasteiger partial charge is 0.494 e. The van der Waals surface area contributed by atoms with Gasteiger partial charge in [0.15, 0.2) is 0 Å². The van der Waals surface area contributed by atoms with E-state index in [2.05, 4.69) is 32.3 Å². The van der Waals surface area contributed by atoms with Gasteiger partial charge >= 0.3 is 0 Å². The van der Waals surface area contributed by atoms with Gasteiger partial charge in [0.05, 0.1) is 6.61 Å². The van der Waals surface area contributed by atoms with Gasteiger partial charge in [0.2, 0.25) is 0 Å². The van der Waals surface area contributed by atoms with Crippen LogP contribution in [0.2, 0.25) is 0 Å². The van der Waals surface area contributed by atoms with E-state index in [9.17, 15) is 0 Å². The van der Waals surface area contributed by atoms with Crippen LogP contribution in [0.15, 0.2) is 30.8 Å². The van der Waals surface area contributed by atoms with Crippen LogP contribution in [0.1, 0.15) is 45.6 Å². The zero-order chi connectivity index (χ0) is 14.8. The Bertz CT molecular complexity index is 387. The SMILES string of the molecule is C=Cc1cccc(OCCCN(CCCC)C(C)C)c1. The quantitative estimate of drug-likeness (QED) is 0.578. The summed E-state index contributed by atoms with van der Waals surface area (Å²) in [6, 6.07) is 8.69. The van der Waals surface area contributed by atoms with Gasteiger partial charge in [0.25, 0.3) is 0 Å². The van der Waals surface area contributed by atoms with E-state index in [4.69, 9.17) is 4.74 Å². The lowest BCUT2D eigenvalue weighted by Gasteiger charge is -2.26. The molecule has 0 saturated carbocycles. The number of unbranched alkanes of at least 4 members (excludes halogenated alkanes) is 1. The Labute approximate surface area is 124 Å². The Morgan fingerprint density at radius 1 is 1.25 bits per heavy atom. The molecule has 112 valence electrons. The molecule has 0 amide bonds. The number of ether oxygens (including phenoxy) is 1. The summed E-state index contributed by atoms with van der Waals surface area (Å²) in [5, 5.41) is 0. The van der Waals surface area contributed by atoms with E-state index >= 15 is 0 Å². The molecule has 0 fully saturated rings. The van der Waals surface area contributed by atoms with Crippen LogP contribution in [0.4, 0.5) is 0 Å². The molecule has 0 heterocycles. The van der Waals surface area contributed by atoms with Gasteiger partial charge in [-0.25, -0.2) is 0 Å². The number of nitrogens with zero attached hydrogens (tertiary/aromatic N) is 1. The van der Waals surface area contributed by atoms with Crippen molar-refractivity contribution < 1.29 is 4.74 Å². The number of hydrogen-bond donors (Lipinski definition) is 0. The maximum absolute atomic E-state index is 5.81. The van der Waals surface area contributed by atoms with Gasteiger partial charge in [-0.05, 0) is 50.9 Å². The van der Waals surface area contributed by atoms with Crippen LogP contribution in [0, 0.1) is 0 Å². The highest BCUT2D eigenvalue weighted by molar-refractivity contribution is 5.49. The summed E-state index contributed by atoms with van der Waals surface area (Å²) in [5.74, 6) is 0.937. The molecule has 1 aromatic rings. The van der Waals surface area contributed by atoms with E-state index in [-0.39, 0.29) is 0 Å². The van der Waals surface area contributed by atoms with Crippen LogP contribution in [-0.4, -0.2) is 30.6 Å². The molecule has 0 saturated heterocycles. The number of rotatable bonds is 10. The third-order valence-corrected chi connectivity index (χ3v) is 3.48. The average Bonchev–Trinajstić information content (AvgIpc) is 2.46. The Morgan fingerprint density at radius 2 is 2.00 bits per heavy atom. The zero-order valence-corrected chi connectivity index (χ0v) is 13.3. The fourth-order valence-corrected chi connectivity index (χ4v) is 2.18. The molecule has 0 unspecified atom stereocenters. The maximum atomic E-state index is 5.81. The Morgan fingerprint density at radius 3 is 2.65 bits per heavy atom. The summed E-state index contributed by atoms with van der Waals surface area (Å²) in [6.45, 7) is 13.6. The van der Waals surface area contributed by atoms with Crippen molar-refractivity contribution in [2.24, 2.45) is 0 Å². The minimum Gasteiger partial charge on any atom is -0.494 e. The normalized spacial score (nSPS) is 11.1. The van der Waals surface area contributed by atoms with Crippen molar-refractivity contribution in [1.82, 2.24) is 4.90 Å². The fraction of sp³-hybridized carbons (Fsp3) is 0.556. The average molecular weight is 275 g/mol. The van der Waals surface area contributed by atoms with Gasteiger partial charge in [-0.2, -0.15) is 0 Å². The maximum Gasteiger partial charge on any atom is 0.119 e. The molecule has 1 rings (SSSR count). The molecule has 0 spiro atoms. The Kier molecular flexibility index (Phi) is 8.05. The van der Waals surface area contributed by atoms with E-state index in [0.717, 1.165) is 30.9 Å². The summed E-state index contributed by atoms with van der Waals surface area (Å²) < 4.78 is 5.81. The first kappa shape index (κ1) is 16.8. The lowest BCUT2D eigenvalue weighted by molar-refractivity contribution is 0.195. The lowest BCUT2D eigenvalue weighted by Crippen LogP contribution is -2.33. The Hall–Kier alpha value is -1.28. The van der Waals surface area contributed by atoms with E-state index in [1.54, 1.807) is 0 Å². The van der Waals surface area contributed by atoms with Gasteiger partial charge in [0, 0.05) is 12.6 Å². The van der Waals surface area contributed by atoms with E-state index in [1.165, 1.54) is 19.4 Å². The molecule has 2 nitrogen and oxygen atoms in total. The summed E-state index contributed by atoms with van der Waals surface area (Å²) >= 11 is 0. The second kappa shape index (κ2) is 9.60. The van der Waals surface area contributed by atoms with Gasteiger partial charge in [-0.15, -0.1) is 0 Å². The highest BCUT2D eigenvalue weighted by Crippen LogP contribution is 2.14. The number of benzene rings is 1.